The van der Waals surface area contributed by atoms with Gasteiger partial charge in [-0.3, -0.25) is 14.9 Å². The van der Waals surface area contributed by atoms with Crippen molar-refractivity contribution in [2.45, 2.75) is 0 Å². The van der Waals surface area contributed by atoms with Crippen molar-refractivity contribution in [3.05, 3.63) is 33.9 Å². The minimum absolute atomic E-state index is 0.0932. The number of carbonyl (C=O) groups is 1. The van der Waals surface area contributed by atoms with Crippen molar-refractivity contribution in [3.8, 4) is 0 Å². The van der Waals surface area contributed by atoms with Crippen molar-refractivity contribution in [2.24, 2.45) is 0 Å². The summed E-state index contributed by atoms with van der Waals surface area (Å²) in [6.45, 7) is 0. The zero-order chi connectivity index (χ0) is 11.4. The van der Waals surface area contributed by atoms with Crippen LogP contribution in [0.2, 0.25) is 0 Å². The maximum absolute atomic E-state index is 11.3. The Kier molecular flexibility index (Phi) is 3.79. The number of ketones is 1. The molecule has 1 rings (SSSR count). The number of nitrogens with one attached hydrogen (secondary N) is 1. The fourth-order valence-electron chi connectivity index (χ4n) is 1.14. The normalized spacial score (nSPS) is 9.73. The molecule has 0 bridgehead atoms. The molecule has 0 atom stereocenters. The standard InChI is InChI=1S/C9H9BrN2O3/c1-11-7-3-2-6(9(13)5-10)4-8(7)12(14)15/h2-4,11H,5H2,1H3. The molecular weight excluding hydrogens is 264 g/mol. The van der Waals surface area contributed by atoms with Crippen LogP contribution in [-0.4, -0.2) is 23.1 Å². The Hall–Kier alpha value is -1.43. The van der Waals surface area contributed by atoms with Gasteiger partial charge in [-0.2, -0.15) is 0 Å². The number of halogens is 1. The SMILES string of the molecule is CNc1ccc(C(=O)CBr)cc1[N+](=O)[O-]. The maximum Gasteiger partial charge on any atom is 0.293 e. The van der Waals surface area contributed by atoms with Crippen molar-refractivity contribution in [1.29, 1.82) is 0 Å². The van der Waals surface area contributed by atoms with Crippen LogP contribution in [0.4, 0.5) is 11.4 Å². The number of nitro benzene ring substituents is 1. The quantitative estimate of drug-likeness (QED) is 0.395. The molecule has 1 aromatic rings. The first-order valence-corrected chi connectivity index (χ1v) is 5.27. The summed E-state index contributed by atoms with van der Waals surface area (Å²) in [5.74, 6) is -0.180. The Morgan fingerprint density at radius 2 is 2.27 bits per heavy atom. The van der Waals surface area contributed by atoms with E-state index in [1.807, 2.05) is 0 Å². The number of rotatable bonds is 4. The van der Waals surface area contributed by atoms with E-state index in [4.69, 9.17) is 0 Å². The molecule has 1 N–H and O–H groups in total. The Labute approximate surface area is 94.8 Å². The summed E-state index contributed by atoms with van der Waals surface area (Å²) in [6.07, 6.45) is 0. The molecule has 0 heterocycles. The average Bonchev–Trinajstić information content (AvgIpc) is 2.27. The molecule has 0 amide bonds. The molecule has 0 unspecified atom stereocenters. The third-order valence-corrected chi connectivity index (χ3v) is 2.42. The lowest BCUT2D eigenvalue weighted by atomic mass is 10.1. The molecule has 0 aliphatic heterocycles. The number of carbonyl (C=O) groups excluding carboxylic acids is 1. The highest BCUT2D eigenvalue weighted by atomic mass is 79.9. The van der Waals surface area contributed by atoms with E-state index in [1.165, 1.54) is 12.1 Å². The summed E-state index contributed by atoms with van der Waals surface area (Å²) in [5.41, 5.74) is 0.632. The number of hydrogen-bond donors (Lipinski definition) is 1. The largest absolute Gasteiger partial charge is 0.383 e. The summed E-state index contributed by atoms with van der Waals surface area (Å²) >= 11 is 3.01. The zero-order valence-electron chi connectivity index (χ0n) is 7.99. The molecule has 0 fully saturated rings. The van der Waals surface area contributed by atoms with Crippen LogP contribution >= 0.6 is 15.9 Å². The topological polar surface area (TPSA) is 72.2 Å². The van der Waals surface area contributed by atoms with Gasteiger partial charge >= 0.3 is 0 Å². The smallest absolute Gasteiger partial charge is 0.293 e. The van der Waals surface area contributed by atoms with E-state index in [0.717, 1.165) is 0 Å². The summed E-state index contributed by atoms with van der Waals surface area (Å²) < 4.78 is 0. The molecular formula is C9H9BrN2O3. The number of anilines is 1. The fourth-order valence-corrected chi connectivity index (χ4v) is 1.47. The zero-order valence-corrected chi connectivity index (χ0v) is 9.58. The Bertz CT molecular complexity index is 406. The van der Waals surface area contributed by atoms with Crippen molar-refractivity contribution >= 4 is 33.1 Å². The molecule has 0 aliphatic carbocycles. The predicted molar refractivity (Wildman–Crippen MR) is 60.8 cm³/mol. The molecule has 1 aromatic carbocycles. The number of benzene rings is 1. The molecule has 15 heavy (non-hydrogen) atoms. The van der Waals surface area contributed by atoms with Gasteiger partial charge in [0.25, 0.3) is 5.69 Å². The van der Waals surface area contributed by atoms with Crippen LogP contribution in [0.5, 0.6) is 0 Å². The lowest BCUT2D eigenvalue weighted by Gasteiger charge is -2.03. The van der Waals surface area contributed by atoms with Gasteiger partial charge in [0.15, 0.2) is 5.78 Å². The van der Waals surface area contributed by atoms with Crippen LogP contribution in [0.1, 0.15) is 10.4 Å². The van der Waals surface area contributed by atoms with Crippen LogP contribution in [0, 0.1) is 10.1 Å². The van der Waals surface area contributed by atoms with Crippen LogP contribution in [-0.2, 0) is 0 Å². The third-order valence-electron chi connectivity index (χ3n) is 1.91. The summed E-state index contributed by atoms with van der Waals surface area (Å²) in [4.78, 5) is 21.5. The number of nitro groups is 1. The van der Waals surface area contributed by atoms with Crippen LogP contribution in [0.3, 0.4) is 0 Å². The minimum Gasteiger partial charge on any atom is -0.383 e. The highest BCUT2D eigenvalue weighted by molar-refractivity contribution is 9.09. The number of hydrogen-bond acceptors (Lipinski definition) is 4. The second-order valence-electron chi connectivity index (χ2n) is 2.80. The third kappa shape index (κ3) is 2.53. The Morgan fingerprint density at radius 1 is 1.60 bits per heavy atom. The molecule has 0 saturated carbocycles. The molecule has 0 saturated heterocycles. The number of alkyl halides is 1. The first kappa shape index (κ1) is 11.6. The summed E-state index contributed by atoms with van der Waals surface area (Å²) in [5, 5.41) is 13.5. The van der Waals surface area contributed by atoms with Gasteiger partial charge < -0.3 is 5.32 Å². The Balaban J connectivity index is 3.22. The van der Waals surface area contributed by atoms with E-state index >= 15 is 0 Å². The minimum atomic E-state index is -0.517. The van der Waals surface area contributed by atoms with E-state index in [1.54, 1.807) is 13.1 Å². The second-order valence-corrected chi connectivity index (χ2v) is 3.36. The molecule has 80 valence electrons. The van der Waals surface area contributed by atoms with Gasteiger partial charge in [0.1, 0.15) is 5.69 Å². The number of Topliss-reactive ketones (excluding diaryl/α,β-unsaturated/α-hetero) is 1. The first-order valence-electron chi connectivity index (χ1n) is 4.15. The van der Waals surface area contributed by atoms with Crippen molar-refractivity contribution in [2.75, 3.05) is 17.7 Å². The van der Waals surface area contributed by atoms with Gasteiger partial charge in [0, 0.05) is 18.7 Å². The lowest BCUT2D eigenvalue weighted by molar-refractivity contribution is -0.384. The predicted octanol–water partition coefficient (Wildman–Crippen LogP) is 2.21. The van der Waals surface area contributed by atoms with E-state index in [0.29, 0.717) is 11.3 Å². The molecule has 5 nitrogen and oxygen atoms in total. The van der Waals surface area contributed by atoms with Gasteiger partial charge in [-0.15, -0.1) is 0 Å². The first-order chi connectivity index (χ1) is 7.10. The fraction of sp³-hybridized carbons (Fsp3) is 0.222. The van der Waals surface area contributed by atoms with E-state index in [9.17, 15) is 14.9 Å². The lowest BCUT2D eigenvalue weighted by Crippen LogP contribution is -2.03. The summed E-state index contributed by atoms with van der Waals surface area (Å²) in [6, 6.07) is 4.35. The van der Waals surface area contributed by atoms with Crippen molar-refractivity contribution in [1.82, 2.24) is 0 Å². The number of nitrogens with zero attached hydrogens (tertiary/aromatic N) is 1. The molecule has 0 aliphatic rings. The van der Waals surface area contributed by atoms with Gasteiger partial charge in [0.2, 0.25) is 0 Å². The molecule has 0 spiro atoms. The van der Waals surface area contributed by atoms with Gasteiger partial charge in [-0.05, 0) is 12.1 Å². The van der Waals surface area contributed by atoms with E-state index in [2.05, 4.69) is 21.2 Å². The molecule has 0 radical (unpaired) electrons. The van der Waals surface area contributed by atoms with Crippen molar-refractivity contribution < 1.29 is 9.72 Å². The summed E-state index contributed by atoms with van der Waals surface area (Å²) in [7, 11) is 1.59. The van der Waals surface area contributed by atoms with E-state index in [-0.39, 0.29) is 16.8 Å². The molecule has 6 heteroatoms. The highest BCUT2D eigenvalue weighted by Gasteiger charge is 2.15. The maximum atomic E-state index is 11.3. The van der Waals surface area contributed by atoms with Crippen LogP contribution in [0.15, 0.2) is 18.2 Å². The second kappa shape index (κ2) is 4.88. The van der Waals surface area contributed by atoms with Gasteiger partial charge in [-0.25, -0.2) is 0 Å². The van der Waals surface area contributed by atoms with Crippen LogP contribution < -0.4 is 5.32 Å². The highest BCUT2D eigenvalue weighted by Crippen LogP contribution is 2.25. The van der Waals surface area contributed by atoms with E-state index < -0.39 is 4.92 Å². The van der Waals surface area contributed by atoms with Gasteiger partial charge in [-0.1, -0.05) is 15.9 Å². The van der Waals surface area contributed by atoms with Gasteiger partial charge in [0.05, 0.1) is 10.3 Å². The average molecular weight is 273 g/mol. The van der Waals surface area contributed by atoms with Crippen LogP contribution in [0.25, 0.3) is 0 Å². The monoisotopic (exact) mass is 272 g/mol. The van der Waals surface area contributed by atoms with Crippen molar-refractivity contribution in [3.63, 3.8) is 0 Å². The Morgan fingerprint density at radius 3 is 2.73 bits per heavy atom. The molecule has 0 aromatic heterocycles.